The number of dihydropyridines is 1. The summed E-state index contributed by atoms with van der Waals surface area (Å²) in [4.78, 5) is 35.6. The van der Waals surface area contributed by atoms with E-state index >= 15 is 0 Å². The zero-order valence-electron chi connectivity index (χ0n) is 19.9. The summed E-state index contributed by atoms with van der Waals surface area (Å²) in [6, 6.07) is 14.8. The van der Waals surface area contributed by atoms with Gasteiger partial charge in [-0.1, -0.05) is 30.0 Å². The first-order chi connectivity index (χ1) is 17.3. The molecule has 1 aliphatic heterocycles. The molecule has 11 heteroatoms. The first kappa shape index (κ1) is 26.3. The predicted molar refractivity (Wildman–Crippen MR) is 135 cm³/mol. The molecule has 1 aliphatic rings. The third kappa shape index (κ3) is 5.84. The molecule has 36 heavy (non-hydrogen) atoms. The van der Waals surface area contributed by atoms with Crippen LogP contribution >= 0.6 is 11.8 Å². The van der Waals surface area contributed by atoms with Crippen LogP contribution in [0.2, 0.25) is 0 Å². The van der Waals surface area contributed by atoms with E-state index in [1.165, 1.54) is 31.4 Å². The van der Waals surface area contributed by atoms with Crippen molar-refractivity contribution >= 4 is 35.0 Å². The first-order valence-corrected chi connectivity index (χ1v) is 11.9. The van der Waals surface area contributed by atoms with Gasteiger partial charge in [0.05, 0.1) is 52.6 Å². The number of non-ortho nitro benzene ring substituents is 1. The highest BCUT2D eigenvalue weighted by atomic mass is 32.2. The lowest BCUT2D eigenvalue weighted by molar-refractivity contribution is -0.384. The van der Waals surface area contributed by atoms with Gasteiger partial charge in [0.2, 0.25) is 5.91 Å². The number of nitro benzene ring substituents is 1. The molecule has 186 valence electrons. The summed E-state index contributed by atoms with van der Waals surface area (Å²) in [7, 11) is 1.27. The summed E-state index contributed by atoms with van der Waals surface area (Å²) in [5.74, 6) is -1.22. The maximum atomic E-state index is 12.7. The van der Waals surface area contributed by atoms with Gasteiger partial charge in [-0.05, 0) is 32.0 Å². The number of nitrogens with zero attached hydrogens (tertiary/aromatic N) is 2. The molecule has 0 unspecified atom stereocenters. The Morgan fingerprint density at radius 3 is 2.53 bits per heavy atom. The van der Waals surface area contributed by atoms with E-state index in [0.29, 0.717) is 34.3 Å². The third-order valence-electron chi connectivity index (χ3n) is 5.29. The molecule has 2 N–H and O–H groups in total. The molecule has 1 atom stereocenters. The minimum Gasteiger partial charge on any atom is -0.494 e. The monoisotopic (exact) mass is 508 g/mol. The molecule has 0 saturated heterocycles. The molecule has 0 saturated carbocycles. The number of hydrogen-bond donors (Lipinski definition) is 2. The molecule has 0 aliphatic carbocycles. The van der Waals surface area contributed by atoms with Crippen LogP contribution in [-0.2, 0) is 14.3 Å². The Morgan fingerprint density at radius 1 is 1.22 bits per heavy atom. The van der Waals surface area contributed by atoms with Gasteiger partial charge in [0.25, 0.3) is 5.69 Å². The molecule has 0 fully saturated rings. The summed E-state index contributed by atoms with van der Waals surface area (Å²) in [5.41, 5.74) is 1.98. The molecule has 2 aromatic carbocycles. The number of benzene rings is 2. The summed E-state index contributed by atoms with van der Waals surface area (Å²) < 4.78 is 10.8. The van der Waals surface area contributed by atoms with Crippen LogP contribution in [0.15, 0.2) is 70.4 Å². The average Bonchev–Trinajstić information content (AvgIpc) is 2.87. The molecule has 10 nitrogen and oxygen atoms in total. The summed E-state index contributed by atoms with van der Waals surface area (Å²) in [5, 5.41) is 27.1. The van der Waals surface area contributed by atoms with E-state index in [9.17, 15) is 25.0 Å². The number of nitriles is 1. The number of carbonyl (C=O) groups excluding carboxylic acids is 2. The Balaban J connectivity index is 1.90. The van der Waals surface area contributed by atoms with E-state index in [1.54, 1.807) is 31.2 Å². The highest BCUT2D eigenvalue weighted by Crippen LogP contribution is 2.44. The smallest absolute Gasteiger partial charge is 0.336 e. The van der Waals surface area contributed by atoms with Crippen LogP contribution in [0.25, 0.3) is 0 Å². The average molecular weight is 509 g/mol. The van der Waals surface area contributed by atoms with Crippen LogP contribution in [0, 0.1) is 21.4 Å². The van der Waals surface area contributed by atoms with Crippen molar-refractivity contribution in [2.24, 2.45) is 0 Å². The van der Waals surface area contributed by atoms with Crippen LogP contribution in [0.5, 0.6) is 5.75 Å². The Labute approximate surface area is 212 Å². The van der Waals surface area contributed by atoms with Gasteiger partial charge in [-0.3, -0.25) is 14.9 Å². The van der Waals surface area contributed by atoms with Crippen molar-refractivity contribution < 1.29 is 24.0 Å². The zero-order valence-corrected chi connectivity index (χ0v) is 20.7. The number of anilines is 1. The molecule has 0 bridgehead atoms. The van der Waals surface area contributed by atoms with Crippen molar-refractivity contribution in [3.63, 3.8) is 0 Å². The largest absolute Gasteiger partial charge is 0.494 e. The van der Waals surface area contributed by atoms with Gasteiger partial charge in [-0.15, -0.1) is 0 Å². The Bertz CT molecular complexity index is 1280. The van der Waals surface area contributed by atoms with Crippen LogP contribution in [0.3, 0.4) is 0 Å². The number of para-hydroxylation sites is 1. The van der Waals surface area contributed by atoms with Crippen molar-refractivity contribution in [1.82, 2.24) is 5.32 Å². The SMILES string of the molecule is CCOc1ccccc1[C@H]1C(C#N)=C(SCC(=O)Nc2ccc([N+](=O)[O-])cc2)NC(C)=C1C(=O)OC. The molecular formula is C25H24N4O6S. The second-order valence-corrected chi connectivity index (χ2v) is 8.54. The van der Waals surface area contributed by atoms with E-state index < -0.39 is 16.8 Å². The zero-order chi connectivity index (χ0) is 26.2. The van der Waals surface area contributed by atoms with E-state index in [-0.39, 0.29) is 28.5 Å². The molecule has 1 heterocycles. The van der Waals surface area contributed by atoms with E-state index in [0.717, 1.165) is 11.8 Å². The third-order valence-corrected chi connectivity index (χ3v) is 6.31. The van der Waals surface area contributed by atoms with Gasteiger partial charge in [0.15, 0.2) is 0 Å². The predicted octanol–water partition coefficient (Wildman–Crippen LogP) is 4.23. The second-order valence-electron chi connectivity index (χ2n) is 7.55. The fourth-order valence-corrected chi connectivity index (χ4v) is 4.62. The number of thioether (sulfide) groups is 1. The molecule has 0 spiro atoms. The van der Waals surface area contributed by atoms with Crippen LogP contribution in [0.1, 0.15) is 25.3 Å². The number of methoxy groups -OCH3 is 1. The molecule has 1 amide bonds. The fraction of sp³-hybridized carbons (Fsp3) is 0.240. The summed E-state index contributed by atoms with van der Waals surface area (Å²) >= 11 is 1.11. The standard InChI is InChI=1S/C25H24N4O6S/c1-4-35-20-8-6-5-7-18(20)23-19(13-26)24(27-15(2)22(23)25(31)34-3)36-14-21(30)28-16-9-11-17(12-10-16)29(32)33/h5-12,23,27H,4,14H2,1-3H3,(H,28,30)/t23-/m0/s1. The van der Waals surface area contributed by atoms with Gasteiger partial charge in [0, 0.05) is 29.1 Å². The maximum absolute atomic E-state index is 12.7. The van der Waals surface area contributed by atoms with Crippen molar-refractivity contribution in [2.75, 3.05) is 24.8 Å². The minimum absolute atomic E-state index is 0.0504. The van der Waals surface area contributed by atoms with Gasteiger partial charge < -0.3 is 20.1 Å². The Kier molecular flexibility index (Phi) is 8.70. The summed E-state index contributed by atoms with van der Waals surface area (Å²) in [6.45, 7) is 3.94. The van der Waals surface area contributed by atoms with Gasteiger partial charge in [0.1, 0.15) is 5.75 Å². The topological polar surface area (TPSA) is 144 Å². The second kappa shape index (κ2) is 11.9. The number of esters is 1. The fourth-order valence-electron chi connectivity index (χ4n) is 3.73. The van der Waals surface area contributed by atoms with Gasteiger partial charge in [-0.25, -0.2) is 4.79 Å². The number of amides is 1. The van der Waals surface area contributed by atoms with Crippen LogP contribution in [0.4, 0.5) is 11.4 Å². The number of ether oxygens (including phenoxy) is 2. The maximum Gasteiger partial charge on any atom is 0.336 e. The first-order valence-electron chi connectivity index (χ1n) is 10.9. The normalized spacial score (nSPS) is 15.0. The molecule has 0 radical (unpaired) electrons. The van der Waals surface area contributed by atoms with E-state index in [4.69, 9.17) is 9.47 Å². The molecule has 3 rings (SSSR count). The van der Waals surface area contributed by atoms with E-state index in [1.807, 2.05) is 6.92 Å². The number of carbonyl (C=O) groups is 2. The Morgan fingerprint density at radius 2 is 1.92 bits per heavy atom. The number of allylic oxidation sites excluding steroid dienone is 2. The van der Waals surface area contributed by atoms with Crippen molar-refractivity contribution in [3.05, 3.63) is 86.1 Å². The molecular weight excluding hydrogens is 484 g/mol. The highest BCUT2D eigenvalue weighted by molar-refractivity contribution is 8.03. The van der Waals surface area contributed by atoms with Crippen molar-refractivity contribution in [2.45, 2.75) is 19.8 Å². The molecule has 2 aromatic rings. The minimum atomic E-state index is -0.758. The molecule has 0 aromatic heterocycles. The van der Waals surface area contributed by atoms with E-state index in [2.05, 4.69) is 16.7 Å². The lowest BCUT2D eigenvalue weighted by Crippen LogP contribution is -2.29. The van der Waals surface area contributed by atoms with Crippen molar-refractivity contribution in [3.8, 4) is 11.8 Å². The summed E-state index contributed by atoms with van der Waals surface area (Å²) in [6.07, 6.45) is 0. The van der Waals surface area contributed by atoms with Crippen LogP contribution in [-0.4, -0.2) is 36.3 Å². The van der Waals surface area contributed by atoms with Crippen LogP contribution < -0.4 is 15.4 Å². The van der Waals surface area contributed by atoms with Crippen molar-refractivity contribution in [1.29, 1.82) is 5.26 Å². The van der Waals surface area contributed by atoms with Gasteiger partial charge >= 0.3 is 5.97 Å². The lowest BCUT2D eigenvalue weighted by atomic mass is 9.82. The number of hydrogen-bond acceptors (Lipinski definition) is 9. The quantitative estimate of drug-likeness (QED) is 0.289. The Hall–Kier alpha value is -4.30. The highest BCUT2D eigenvalue weighted by Gasteiger charge is 2.37. The number of nitro groups is 1. The number of nitrogens with one attached hydrogen (secondary N) is 2. The number of rotatable bonds is 9. The lowest BCUT2D eigenvalue weighted by Gasteiger charge is -2.30. The van der Waals surface area contributed by atoms with Gasteiger partial charge in [-0.2, -0.15) is 5.26 Å².